The summed E-state index contributed by atoms with van der Waals surface area (Å²) in [6.07, 6.45) is 0. The van der Waals surface area contributed by atoms with E-state index in [1.807, 2.05) is 25.1 Å². The van der Waals surface area contributed by atoms with Crippen molar-refractivity contribution in [3.05, 3.63) is 58.4 Å². The van der Waals surface area contributed by atoms with Crippen molar-refractivity contribution in [1.29, 1.82) is 0 Å². The number of hydrogen-bond acceptors (Lipinski definition) is 3. The molecule has 0 unspecified atom stereocenters. The highest BCUT2D eigenvalue weighted by molar-refractivity contribution is 6.30. The van der Waals surface area contributed by atoms with E-state index in [4.69, 9.17) is 11.6 Å². The number of ether oxygens (including phenoxy) is 1. The van der Waals surface area contributed by atoms with Gasteiger partial charge in [0.2, 0.25) is 0 Å². The van der Waals surface area contributed by atoms with Gasteiger partial charge >= 0.3 is 6.61 Å². The standard InChI is InChI=1S/C15H15ClF2N2O/c1-10-3-2-4-13(20-10)9-19-8-11-7-12(16)5-6-14(11)21-15(17)18/h2-7,15,19H,8-9H2,1H3. The number of nitrogens with one attached hydrogen (secondary N) is 1. The van der Waals surface area contributed by atoms with E-state index in [0.29, 0.717) is 23.7 Å². The van der Waals surface area contributed by atoms with Gasteiger partial charge in [-0.1, -0.05) is 17.7 Å². The molecule has 2 aromatic rings. The van der Waals surface area contributed by atoms with Gasteiger partial charge in [-0.05, 0) is 37.3 Å². The molecule has 0 atom stereocenters. The maximum atomic E-state index is 12.3. The van der Waals surface area contributed by atoms with Crippen molar-refractivity contribution in [2.75, 3.05) is 0 Å². The van der Waals surface area contributed by atoms with Crippen LogP contribution in [0.3, 0.4) is 0 Å². The summed E-state index contributed by atoms with van der Waals surface area (Å²) in [5.41, 5.74) is 2.39. The molecule has 0 radical (unpaired) electrons. The lowest BCUT2D eigenvalue weighted by Crippen LogP contribution is -2.15. The molecule has 0 fully saturated rings. The van der Waals surface area contributed by atoms with Crippen LogP contribution in [-0.4, -0.2) is 11.6 Å². The zero-order valence-corrected chi connectivity index (χ0v) is 12.2. The van der Waals surface area contributed by atoms with Crippen LogP contribution in [0.15, 0.2) is 36.4 Å². The zero-order valence-electron chi connectivity index (χ0n) is 11.4. The Morgan fingerprint density at radius 2 is 2.05 bits per heavy atom. The maximum absolute atomic E-state index is 12.3. The van der Waals surface area contributed by atoms with E-state index in [9.17, 15) is 8.78 Å². The molecule has 1 heterocycles. The highest BCUT2D eigenvalue weighted by atomic mass is 35.5. The van der Waals surface area contributed by atoms with Crippen LogP contribution in [0, 0.1) is 6.92 Å². The third-order valence-electron chi connectivity index (χ3n) is 2.81. The molecule has 0 saturated heterocycles. The first kappa shape index (κ1) is 15.7. The second kappa shape index (κ2) is 7.33. The van der Waals surface area contributed by atoms with E-state index in [1.165, 1.54) is 12.1 Å². The van der Waals surface area contributed by atoms with Crippen LogP contribution < -0.4 is 10.1 Å². The van der Waals surface area contributed by atoms with Crippen LogP contribution >= 0.6 is 11.6 Å². The Bertz CT molecular complexity index is 608. The number of nitrogens with zero attached hydrogens (tertiary/aromatic N) is 1. The van der Waals surface area contributed by atoms with E-state index in [0.717, 1.165) is 11.4 Å². The fourth-order valence-electron chi connectivity index (χ4n) is 1.92. The summed E-state index contributed by atoms with van der Waals surface area (Å²) in [6.45, 7) is -0.0568. The minimum absolute atomic E-state index is 0.124. The lowest BCUT2D eigenvalue weighted by atomic mass is 10.2. The molecule has 0 amide bonds. The van der Waals surface area contributed by atoms with Gasteiger partial charge in [0.15, 0.2) is 0 Å². The van der Waals surface area contributed by atoms with Crippen LogP contribution in [-0.2, 0) is 13.1 Å². The second-order valence-electron chi connectivity index (χ2n) is 4.50. The molecule has 3 nitrogen and oxygen atoms in total. The summed E-state index contributed by atoms with van der Waals surface area (Å²) < 4.78 is 29.2. The molecular formula is C15H15ClF2N2O. The Kier molecular flexibility index (Phi) is 5.47. The average molecular weight is 313 g/mol. The van der Waals surface area contributed by atoms with E-state index in [1.54, 1.807) is 6.07 Å². The summed E-state index contributed by atoms with van der Waals surface area (Å²) in [5, 5.41) is 3.61. The van der Waals surface area contributed by atoms with Crippen LogP contribution in [0.2, 0.25) is 5.02 Å². The second-order valence-corrected chi connectivity index (χ2v) is 4.94. The van der Waals surface area contributed by atoms with Crippen LogP contribution in [0.4, 0.5) is 8.78 Å². The molecule has 0 aliphatic rings. The van der Waals surface area contributed by atoms with Gasteiger partial charge < -0.3 is 10.1 Å². The Labute approximate surface area is 126 Å². The zero-order chi connectivity index (χ0) is 15.2. The van der Waals surface area contributed by atoms with Crippen molar-refractivity contribution >= 4 is 11.6 Å². The van der Waals surface area contributed by atoms with Crippen molar-refractivity contribution in [2.24, 2.45) is 0 Å². The molecule has 1 aromatic carbocycles. The summed E-state index contributed by atoms with van der Waals surface area (Å²) >= 11 is 5.89. The average Bonchev–Trinajstić information content (AvgIpc) is 2.41. The van der Waals surface area contributed by atoms with Gasteiger partial charge in [0.25, 0.3) is 0 Å². The van der Waals surface area contributed by atoms with E-state index in [-0.39, 0.29) is 5.75 Å². The van der Waals surface area contributed by atoms with Crippen molar-refractivity contribution in [3.63, 3.8) is 0 Å². The van der Waals surface area contributed by atoms with Crippen molar-refractivity contribution in [1.82, 2.24) is 10.3 Å². The highest BCUT2D eigenvalue weighted by Gasteiger charge is 2.10. The Hall–Kier alpha value is -1.72. The van der Waals surface area contributed by atoms with Crippen LogP contribution in [0.25, 0.3) is 0 Å². The summed E-state index contributed by atoms with van der Waals surface area (Å²) in [4.78, 5) is 4.35. The minimum Gasteiger partial charge on any atom is -0.434 e. The molecule has 0 spiro atoms. The molecule has 1 N–H and O–H groups in total. The summed E-state index contributed by atoms with van der Waals surface area (Å²) in [6, 6.07) is 10.3. The number of hydrogen-bond donors (Lipinski definition) is 1. The van der Waals surface area contributed by atoms with Gasteiger partial charge in [0, 0.05) is 29.4 Å². The fraction of sp³-hybridized carbons (Fsp3) is 0.267. The molecular weight excluding hydrogens is 298 g/mol. The van der Waals surface area contributed by atoms with Gasteiger partial charge in [-0.3, -0.25) is 4.98 Å². The fourth-order valence-corrected chi connectivity index (χ4v) is 2.12. The molecule has 0 aliphatic heterocycles. The Morgan fingerprint density at radius 3 is 2.76 bits per heavy atom. The molecule has 0 saturated carbocycles. The molecule has 6 heteroatoms. The van der Waals surface area contributed by atoms with Gasteiger partial charge in [0.1, 0.15) is 5.75 Å². The number of rotatable bonds is 6. The van der Waals surface area contributed by atoms with Crippen molar-refractivity contribution in [2.45, 2.75) is 26.6 Å². The number of halogens is 3. The number of benzene rings is 1. The number of aromatic nitrogens is 1. The predicted octanol–water partition coefficient (Wildman–Crippen LogP) is 3.93. The molecule has 21 heavy (non-hydrogen) atoms. The third kappa shape index (κ3) is 4.95. The van der Waals surface area contributed by atoms with Gasteiger partial charge in [-0.25, -0.2) is 0 Å². The minimum atomic E-state index is -2.86. The first-order valence-electron chi connectivity index (χ1n) is 6.41. The Morgan fingerprint density at radius 1 is 1.24 bits per heavy atom. The van der Waals surface area contributed by atoms with Gasteiger partial charge in [0.05, 0.1) is 5.69 Å². The highest BCUT2D eigenvalue weighted by Crippen LogP contribution is 2.24. The SMILES string of the molecule is Cc1cccc(CNCc2cc(Cl)ccc2OC(F)F)n1. The predicted molar refractivity (Wildman–Crippen MR) is 77.6 cm³/mol. The normalized spacial score (nSPS) is 10.9. The van der Waals surface area contributed by atoms with Crippen molar-refractivity contribution in [3.8, 4) is 5.75 Å². The molecule has 112 valence electrons. The van der Waals surface area contributed by atoms with E-state index < -0.39 is 6.61 Å². The molecule has 0 bridgehead atoms. The van der Waals surface area contributed by atoms with Gasteiger partial charge in [-0.2, -0.15) is 8.78 Å². The number of pyridine rings is 1. The third-order valence-corrected chi connectivity index (χ3v) is 3.04. The lowest BCUT2D eigenvalue weighted by molar-refractivity contribution is -0.0505. The van der Waals surface area contributed by atoms with Crippen molar-refractivity contribution < 1.29 is 13.5 Å². The topological polar surface area (TPSA) is 34.1 Å². The van der Waals surface area contributed by atoms with E-state index >= 15 is 0 Å². The Balaban J connectivity index is 2.00. The largest absolute Gasteiger partial charge is 0.434 e. The lowest BCUT2D eigenvalue weighted by Gasteiger charge is -2.12. The molecule has 1 aromatic heterocycles. The van der Waals surface area contributed by atoms with Crippen LogP contribution in [0.1, 0.15) is 17.0 Å². The monoisotopic (exact) mass is 312 g/mol. The molecule has 2 rings (SSSR count). The summed E-state index contributed by atoms with van der Waals surface area (Å²) in [7, 11) is 0. The molecule has 0 aliphatic carbocycles. The van der Waals surface area contributed by atoms with E-state index in [2.05, 4.69) is 15.0 Å². The number of aryl methyl sites for hydroxylation is 1. The smallest absolute Gasteiger partial charge is 0.387 e. The number of alkyl halides is 2. The summed E-state index contributed by atoms with van der Waals surface area (Å²) in [5.74, 6) is 0.124. The maximum Gasteiger partial charge on any atom is 0.387 e. The first-order valence-corrected chi connectivity index (χ1v) is 6.79. The van der Waals surface area contributed by atoms with Crippen LogP contribution in [0.5, 0.6) is 5.75 Å². The first-order chi connectivity index (χ1) is 10.0. The quantitative estimate of drug-likeness (QED) is 0.877. The van der Waals surface area contributed by atoms with Gasteiger partial charge in [-0.15, -0.1) is 0 Å².